The summed E-state index contributed by atoms with van der Waals surface area (Å²) in [6.45, 7) is 8.62. The molecule has 1 aromatic heterocycles. The van der Waals surface area contributed by atoms with Gasteiger partial charge in [-0.1, -0.05) is 38.1 Å². The van der Waals surface area contributed by atoms with Gasteiger partial charge < -0.3 is 9.80 Å². The van der Waals surface area contributed by atoms with Crippen LogP contribution in [-0.2, 0) is 26.3 Å². The monoisotopic (exact) mass is 462 g/mol. The summed E-state index contributed by atoms with van der Waals surface area (Å²) in [5, 5.41) is 0. The molecule has 1 aromatic carbocycles. The highest BCUT2D eigenvalue weighted by Gasteiger charge is 2.55. The standard InChI is InChI=1S/C27H34N4O3/c1-19(2)23-18-29(4)13-14-30(23)24(32)15-27(22-8-6-5-7-20(22)3)16-25(33)31(26(27)34)17-21-9-11-28-12-10-21/h5-12,19,23H,13-18H2,1-4H3/t23-,27?/m1/s1. The van der Waals surface area contributed by atoms with E-state index in [1.165, 1.54) is 4.90 Å². The van der Waals surface area contributed by atoms with Crippen LogP contribution in [0.5, 0.6) is 0 Å². The number of likely N-dealkylation sites (tertiary alicyclic amines) is 1. The number of imide groups is 1. The van der Waals surface area contributed by atoms with Crippen LogP contribution in [0.15, 0.2) is 48.8 Å². The molecule has 0 radical (unpaired) electrons. The second kappa shape index (κ2) is 9.66. The fourth-order valence-corrected chi connectivity index (χ4v) is 5.38. The molecule has 7 nitrogen and oxygen atoms in total. The quantitative estimate of drug-likeness (QED) is 0.618. The number of pyridine rings is 1. The Balaban J connectivity index is 1.69. The summed E-state index contributed by atoms with van der Waals surface area (Å²) < 4.78 is 0. The molecule has 0 aliphatic carbocycles. The zero-order valence-electron chi connectivity index (χ0n) is 20.5. The number of carbonyl (C=O) groups excluding carboxylic acids is 3. The topological polar surface area (TPSA) is 73.8 Å². The molecule has 7 heteroatoms. The Labute approximate surface area is 201 Å². The molecule has 0 bridgehead atoms. The fraction of sp³-hybridized carbons (Fsp3) is 0.481. The van der Waals surface area contributed by atoms with E-state index >= 15 is 0 Å². The summed E-state index contributed by atoms with van der Waals surface area (Å²) in [7, 11) is 2.07. The summed E-state index contributed by atoms with van der Waals surface area (Å²) in [4.78, 5) is 50.5. The van der Waals surface area contributed by atoms with Gasteiger partial charge in [0, 0.05) is 50.9 Å². The number of likely N-dealkylation sites (N-methyl/N-ethyl adjacent to an activating group) is 1. The molecular formula is C27H34N4O3. The van der Waals surface area contributed by atoms with Crippen molar-refractivity contribution in [1.29, 1.82) is 0 Å². The molecule has 3 heterocycles. The van der Waals surface area contributed by atoms with Gasteiger partial charge in [-0.05, 0) is 48.7 Å². The molecule has 2 fully saturated rings. The smallest absolute Gasteiger partial charge is 0.241 e. The third kappa shape index (κ3) is 4.49. The first kappa shape index (κ1) is 24.1. The molecule has 2 aliphatic heterocycles. The largest absolute Gasteiger partial charge is 0.337 e. The van der Waals surface area contributed by atoms with Gasteiger partial charge in [-0.3, -0.25) is 24.3 Å². The van der Waals surface area contributed by atoms with Crippen LogP contribution in [-0.4, -0.2) is 70.1 Å². The van der Waals surface area contributed by atoms with E-state index in [4.69, 9.17) is 0 Å². The number of nitrogens with zero attached hydrogens (tertiary/aromatic N) is 4. The van der Waals surface area contributed by atoms with Gasteiger partial charge in [0.2, 0.25) is 17.7 Å². The van der Waals surface area contributed by atoms with Crippen LogP contribution >= 0.6 is 0 Å². The van der Waals surface area contributed by atoms with Crippen molar-refractivity contribution in [2.45, 2.75) is 51.6 Å². The van der Waals surface area contributed by atoms with E-state index in [9.17, 15) is 14.4 Å². The van der Waals surface area contributed by atoms with Gasteiger partial charge in [-0.15, -0.1) is 0 Å². The van der Waals surface area contributed by atoms with Crippen LogP contribution in [0.25, 0.3) is 0 Å². The van der Waals surface area contributed by atoms with Crippen LogP contribution < -0.4 is 0 Å². The maximum absolute atomic E-state index is 14.0. The molecular weight excluding hydrogens is 428 g/mol. The van der Waals surface area contributed by atoms with Crippen LogP contribution in [0.4, 0.5) is 0 Å². The van der Waals surface area contributed by atoms with E-state index in [1.54, 1.807) is 24.5 Å². The predicted molar refractivity (Wildman–Crippen MR) is 130 cm³/mol. The number of piperazine rings is 1. The molecule has 0 N–H and O–H groups in total. The van der Waals surface area contributed by atoms with Crippen molar-refractivity contribution in [3.63, 3.8) is 0 Å². The van der Waals surface area contributed by atoms with Crippen molar-refractivity contribution < 1.29 is 14.4 Å². The summed E-state index contributed by atoms with van der Waals surface area (Å²) in [5.74, 6) is -0.281. The van der Waals surface area contributed by atoms with Crippen molar-refractivity contribution in [3.8, 4) is 0 Å². The van der Waals surface area contributed by atoms with Crippen molar-refractivity contribution in [3.05, 3.63) is 65.5 Å². The number of amides is 3. The van der Waals surface area contributed by atoms with Gasteiger partial charge in [0.1, 0.15) is 0 Å². The Morgan fingerprint density at radius 3 is 2.50 bits per heavy atom. The molecule has 3 amide bonds. The first-order chi connectivity index (χ1) is 16.2. The van der Waals surface area contributed by atoms with Gasteiger partial charge in [-0.25, -0.2) is 0 Å². The minimum Gasteiger partial charge on any atom is -0.337 e. The zero-order valence-corrected chi connectivity index (χ0v) is 20.5. The Bertz CT molecular complexity index is 1070. The van der Waals surface area contributed by atoms with E-state index in [2.05, 4.69) is 30.8 Å². The van der Waals surface area contributed by atoms with Crippen molar-refractivity contribution >= 4 is 17.7 Å². The molecule has 180 valence electrons. The zero-order chi connectivity index (χ0) is 24.5. The van der Waals surface area contributed by atoms with Crippen LogP contribution in [0.2, 0.25) is 0 Å². The Morgan fingerprint density at radius 2 is 1.82 bits per heavy atom. The first-order valence-corrected chi connectivity index (χ1v) is 12.0. The first-order valence-electron chi connectivity index (χ1n) is 12.0. The maximum Gasteiger partial charge on any atom is 0.241 e. The molecule has 4 rings (SSSR count). The lowest BCUT2D eigenvalue weighted by Crippen LogP contribution is -2.57. The molecule has 1 unspecified atom stereocenters. The third-order valence-corrected chi connectivity index (χ3v) is 7.32. The van der Waals surface area contributed by atoms with Crippen molar-refractivity contribution in [2.24, 2.45) is 5.92 Å². The average Bonchev–Trinajstić information content (AvgIpc) is 3.04. The molecule has 0 saturated carbocycles. The lowest BCUT2D eigenvalue weighted by molar-refractivity contribution is -0.145. The molecule has 2 saturated heterocycles. The van der Waals surface area contributed by atoms with E-state index in [-0.39, 0.29) is 43.1 Å². The number of hydrogen-bond acceptors (Lipinski definition) is 5. The third-order valence-electron chi connectivity index (χ3n) is 7.32. The highest BCUT2D eigenvalue weighted by molar-refractivity contribution is 6.10. The highest BCUT2D eigenvalue weighted by Crippen LogP contribution is 2.42. The summed E-state index contributed by atoms with van der Waals surface area (Å²) in [5.41, 5.74) is 1.34. The van der Waals surface area contributed by atoms with Crippen LogP contribution in [0.1, 0.15) is 43.4 Å². The lowest BCUT2D eigenvalue weighted by Gasteiger charge is -2.43. The van der Waals surface area contributed by atoms with Gasteiger partial charge in [0.15, 0.2) is 0 Å². The van der Waals surface area contributed by atoms with E-state index in [1.807, 2.05) is 36.1 Å². The summed E-state index contributed by atoms with van der Waals surface area (Å²) in [6.07, 6.45) is 3.31. The predicted octanol–water partition coefficient (Wildman–Crippen LogP) is 2.78. The van der Waals surface area contributed by atoms with Crippen molar-refractivity contribution in [2.75, 3.05) is 26.7 Å². The van der Waals surface area contributed by atoms with Crippen molar-refractivity contribution in [1.82, 2.24) is 19.7 Å². The number of rotatable bonds is 6. The molecule has 2 atom stereocenters. The number of hydrogen-bond donors (Lipinski definition) is 0. The molecule has 34 heavy (non-hydrogen) atoms. The second-order valence-electron chi connectivity index (χ2n) is 10.1. The minimum absolute atomic E-state index is 0.00219. The van der Waals surface area contributed by atoms with Gasteiger partial charge in [-0.2, -0.15) is 0 Å². The van der Waals surface area contributed by atoms with Gasteiger partial charge >= 0.3 is 0 Å². The normalized spacial score (nSPS) is 23.7. The van der Waals surface area contributed by atoms with E-state index < -0.39 is 5.41 Å². The SMILES string of the molecule is Cc1ccccc1C1(CC(=O)N2CCN(C)C[C@@H]2C(C)C)CC(=O)N(Cc2ccncc2)C1=O. The highest BCUT2D eigenvalue weighted by atomic mass is 16.2. The number of aryl methyl sites for hydroxylation is 1. The number of aromatic nitrogens is 1. The van der Waals surface area contributed by atoms with Crippen LogP contribution in [0, 0.1) is 12.8 Å². The van der Waals surface area contributed by atoms with Gasteiger partial charge in [0.25, 0.3) is 0 Å². The summed E-state index contributed by atoms with van der Waals surface area (Å²) >= 11 is 0. The van der Waals surface area contributed by atoms with Crippen LogP contribution in [0.3, 0.4) is 0 Å². The molecule has 2 aliphatic rings. The fourth-order valence-electron chi connectivity index (χ4n) is 5.38. The van der Waals surface area contributed by atoms with E-state index in [0.717, 1.165) is 29.8 Å². The Morgan fingerprint density at radius 1 is 1.12 bits per heavy atom. The molecule has 2 aromatic rings. The maximum atomic E-state index is 14.0. The lowest BCUT2D eigenvalue weighted by atomic mass is 9.73. The van der Waals surface area contributed by atoms with E-state index in [0.29, 0.717) is 12.5 Å². The Hall–Kier alpha value is -3.06. The number of carbonyl (C=O) groups is 3. The molecule has 0 spiro atoms. The number of benzene rings is 1. The minimum atomic E-state index is -1.18. The van der Waals surface area contributed by atoms with Gasteiger partial charge in [0.05, 0.1) is 12.0 Å². The second-order valence-corrected chi connectivity index (χ2v) is 10.1. The summed E-state index contributed by atoms with van der Waals surface area (Å²) in [6, 6.07) is 11.3. The average molecular weight is 463 g/mol. The Kier molecular flexibility index (Phi) is 6.84.